The van der Waals surface area contributed by atoms with Crippen LogP contribution < -0.4 is 10.6 Å². The van der Waals surface area contributed by atoms with E-state index < -0.39 is 0 Å². The fourth-order valence-corrected chi connectivity index (χ4v) is 1.97. The summed E-state index contributed by atoms with van der Waals surface area (Å²) < 4.78 is 0. The Morgan fingerprint density at radius 3 is 2.75 bits per heavy atom. The highest BCUT2D eigenvalue weighted by Crippen LogP contribution is 2.36. The van der Waals surface area contributed by atoms with Crippen molar-refractivity contribution in [2.24, 2.45) is 5.92 Å². The maximum absolute atomic E-state index is 5.79. The van der Waals surface area contributed by atoms with Crippen LogP contribution >= 0.6 is 11.6 Å². The fraction of sp³-hybridized carbons (Fsp3) is 0.700. The van der Waals surface area contributed by atoms with Gasteiger partial charge >= 0.3 is 0 Å². The summed E-state index contributed by atoms with van der Waals surface area (Å²) in [6.45, 7) is 2.20. The number of nitrogens with one attached hydrogen (secondary N) is 2. The Bertz CT molecular complexity index is 370. The zero-order chi connectivity index (χ0) is 11.5. The van der Waals surface area contributed by atoms with Crippen LogP contribution in [0.1, 0.15) is 26.2 Å². The Kier molecular flexibility index (Phi) is 3.43. The molecule has 1 aliphatic carbocycles. The molecule has 16 heavy (non-hydrogen) atoms. The summed E-state index contributed by atoms with van der Waals surface area (Å²) >= 11 is 5.79. The molecular weight excluding hydrogens is 226 g/mol. The standard InChI is InChI=1S/C10H16ClN5/c1-3-4-6-5-7(6)13-10-15-8(11)14-9(12-2)16-10/h6-7H,3-5H2,1-2H3,(H2,12,13,14,15,16). The molecule has 0 bridgehead atoms. The van der Waals surface area contributed by atoms with Crippen molar-refractivity contribution in [2.75, 3.05) is 17.7 Å². The van der Waals surface area contributed by atoms with E-state index in [-0.39, 0.29) is 5.28 Å². The smallest absolute Gasteiger partial charge is 0.229 e. The molecule has 1 aromatic heterocycles. The molecule has 2 unspecified atom stereocenters. The Labute approximate surface area is 100 Å². The molecule has 2 N–H and O–H groups in total. The lowest BCUT2D eigenvalue weighted by Gasteiger charge is -2.05. The Morgan fingerprint density at radius 2 is 2.06 bits per heavy atom. The monoisotopic (exact) mass is 241 g/mol. The van der Waals surface area contributed by atoms with E-state index in [9.17, 15) is 0 Å². The Balaban J connectivity index is 1.97. The van der Waals surface area contributed by atoms with Crippen molar-refractivity contribution < 1.29 is 0 Å². The van der Waals surface area contributed by atoms with Crippen LogP contribution in [0.4, 0.5) is 11.9 Å². The predicted octanol–water partition coefficient (Wildman–Crippen LogP) is 2.17. The van der Waals surface area contributed by atoms with Crippen LogP contribution in [0, 0.1) is 5.92 Å². The Morgan fingerprint density at radius 1 is 1.31 bits per heavy atom. The molecule has 2 atom stereocenters. The predicted molar refractivity (Wildman–Crippen MR) is 64.8 cm³/mol. The maximum atomic E-state index is 5.79. The minimum Gasteiger partial charge on any atom is -0.357 e. The van der Waals surface area contributed by atoms with Gasteiger partial charge in [-0.2, -0.15) is 15.0 Å². The summed E-state index contributed by atoms with van der Waals surface area (Å²) in [4.78, 5) is 12.2. The number of anilines is 2. The summed E-state index contributed by atoms with van der Waals surface area (Å²) in [5.41, 5.74) is 0. The van der Waals surface area contributed by atoms with E-state index in [0.717, 1.165) is 5.92 Å². The molecule has 5 nitrogen and oxygen atoms in total. The van der Waals surface area contributed by atoms with E-state index in [1.165, 1.54) is 19.3 Å². The van der Waals surface area contributed by atoms with Gasteiger partial charge in [0.05, 0.1) is 0 Å². The molecule has 1 heterocycles. The fourth-order valence-electron chi connectivity index (χ4n) is 1.81. The zero-order valence-electron chi connectivity index (χ0n) is 9.50. The number of aromatic nitrogens is 3. The van der Waals surface area contributed by atoms with Gasteiger partial charge < -0.3 is 10.6 Å². The lowest BCUT2D eigenvalue weighted by Crippen LogP contribution is -2.10. The molecule has 0 amide bonds. The van der Waals surface area contributed by atoms with Crippen LogP contribution in [0.3, 0.4) is 0 Å². The van der Waals surface area contributed by atoms with Crippen molar-refractivity contribution in [2.45, 2.75) is 32.2 Å². The highest BCUT2D eigenvalue weighted by Gasteiger charge is 2.36. The van der Waals surface area contributed by atoms with E-state index in [4.69, 9.17) is 11.6 Å². The summed E-state index contributed by atoms with van der Waals surface area (Å²) in [6, 6.07) is 0.503. The van der Waals surface area contributed by atoms with Gasteiger partial charge in [-0.3, -0.25) is 0 Å². The van der Waals surface area contributed by atoms with Gasteiger partial charge in [0.1, 0.15) is 0 Å². The first kappa shape index (κ1) is 11.4. The molecule has 1 saturated carbocycles. The first-order valence-corrected chi connectivity index (χ1v) is 5.96. The van der Waals surface area contributed by atoms with Crippen LogP contribution in [0.15, 0.2) is 0 Å². The summed E-state index contributed by atoms with van der Waals surface area (Å²) in [5.74, 6) is 1.82. The maximum Gasteiger partial charge on any atom is 0.229 e. The van der Waals surface area contributed by atoms with Crippen molar-refractivity contribution in [3.63, 3.8) is 0 Å². The van der Waals surface area contributed by atoms with Crippen molar-refractivity contribution in [1.82, 2.24) is 15.0 Å². The first-order valence-electron chi connectivity index (χ1n) is 5.58. The number of halogens is 1. The summed E-state index contributed by atoms with van der Waals surface area (Å²) in [7, 11) is 1.76. The van der Waals surface area contributed by atoms with Crippen molar-refractivity contribution >= 4 is 23.5 Å². The van der Waals surface area contributed by atoms with Crippen LogP contribution in [0.2, 0.25) is 5.28 Å². The molecule has 88 valence electrons. The molecule has 6 heteroatoms. The molecule has 0 saturated heterocycles. The lowest BCUT2D eigenvalue weighted by atomic mass is 10.2. The minimum absolute atomic E-state index is 0.217. The van der Waals surface area contributed by atoms with Gasteiger partial charge in [0.2, 0.25) is 17.2 Å². The average molecular weight is 242 g/mol. The van der Waals surface area contributed by atoms with E-state index in [0.29, 0.717) is 17.9 Å². The van der Waals surface area contributed by atoms with E-state index in [1.54, 1.807) is 7.05 Å². The molecule has 0 aliphatic heterocycles. The first-order chi connectivity index (χ1) is 7.72. The number of rotatable bonds is 5. The van der Waals surface area contributed by atoms with Gasteiger partial charge in [-0.15, -0.1) is 0 Å². The molecule has 0 radical (unpaired) electrons. The number of hydrogen-bond acceptors (Lipinski definition) is 5. The van der Waals surface area contributed by atoms with E-state index >= 15 is 0 Å². The third kappa shape index (κ3) is 2.72. The molecule has 2 rings (SSSR count). The highest BCUT2D eigenvalue weighted by molar-refractivity contribution is 6.28. The normalized spacial score (nSPS) is 22.9. The lowest BCUT2D eigenvalue weighted by molar-refractivity contribution is 0.691. The van der Waals surface area contributed by atoms with E-state index in [2.05, 4.69) is 32.5 Å². The van der Waals surface area contributed by atoms with Gasteiger partial charge in [0, 0.05) is 13.1 Å². The SMILES string of the molecule is CCCC1CC1Nc1nc(Cl)nc(NC)n1. The second kappa shape index (κ2) is 4.82. The third-order valence-electron chi connectivity index (χ3n) is 2.73. The number of nitrogens with zero attached hydrogens (tertiary/aromatic N) is 3. The van der Waals surface area contributed by atoms with Crippen molar-refractivity contribution in [3.8, 4) is 0 Å². The Hall–Kier alpha value is -1.10. The summed E-state index contributed by atoms with van der Waals surface area (Å²) in [6.07, 6.45) is 3.68. The minimum atomic E-state index is 0.217. The zero-order valence-corrected chi connectivity index (χ0v) is 10.3. The molecule has 0 spiro atoms. The summed E-state index contributed by atoms with van der Waals surface area (Å²) in [5, 5.41) is 6.35. The van der Waals surface area contributed by atoms with Gasteiger partial charge in [0.25, 0.3) is 0 Å². The van der Waals surface area contributed by atoms with Crippen molar-refractivity contribution in [3.05, 3.63) is 5.28 Å². The van der Waals surface area contributed by atoms with Crippen LogP contribution in [0.5, 0.6) is 0 Å². The van der Waals surface area contributed by atoms with Gasteiger partial charge in [-0.1, -0.05) is 13.3 Å². The van der Waals surface area contributed by atoms with Crippen LogP contribution in [-0.4, -0.2) is 28.0 Å². The molecular formula is C10H16ClN5. The second-order valence-electron chi connectivity index (χ2n) is 4.04. The quantitative estimate of drug-likeness (QED) is 0.827. The highest BCUT2D eigenvalue weighted by atomic mass is 35.5. The average Bonchev–Trinajstić information content (AvgIpc) is 2.96. The van der Waals surface area contributed by atoms with Gasteiger partial charge in [-0.25, -0.2) is 0 Å². The van der Waals surface area contributed by atoms with Crippen molar-refractivity contribution in [1.29, 1.82) is 0 Å². The topological polar surface area (TPSA) is 62.7 Å². The molecule has 1 aliphatic rings. The largest absolute Gasteiger partial charge is 0.357 e. The second-order valence-corrected chi connectivity index (χ2v) is 4.38. The molecule has 1 fully saturated rings. The van der Waals surface area contributed by atoms with Crippen LogP contribution in [0.25, 0.3) is 0 Å². The van der Waals surface area contributed by atoms with Gasteiger partial charge in [-0.05, 0) is 30.4 Å². The number of hydrogen-bond donors (Lipinski definition) is 2. The molecule has 1 aromatic rings. The third-order valence-corrected chi connectivity index (χ3v) is 2.90. The van der Waals surface area contributed by atoms with Gasteiger partial charge in [0.15, 0.2) is 0 Å². The van der Waals surface area contributed by atoms with E-state index in [1.807, 2.05) is 0 Å². The molecule has 0 aromatic carbocycles. The van der Waals surface area contributed by atoms with Crippen LogP contribution in [-0.2, 0) is 0 Å².